The second-order valence-corrected chi connectivity index (χ2v) is 10.3. The number of aliphatic hydroxyl groups excluding tert-OH is 1. The summed E-state index contributed by atoms with van der Waals surface area (Å²) in [4.78, 5) is 5.64. The number of anilines is 1. The zero-order valence-corrected chi connectivity index (χ0v) is 20.5. The highest BCUT2D eigenvalue weighted by Gasteiger charge is 2.11. The van der Waals surface area contributed by atoms with Gasteiger partial charge in [0, 0.05) is 48.0 Å². The highest BCUT2D eigenvalue weighted by Crippen LogP contribution is 2.26. The van der Waals surface area contributed by atoms with Gasteiger partial charge in [0.25, 0.3) is 0 Å². The minimum atomic E-state index is -3.36. The van der Waals surface area contributed by atoms with Crippen LogP contribution >= 0.6 is 0 Å². The molecule has 2 aromatic carbocycles. The van der Waals surface area contributed by atoms with Gasteiger partial charge in [-0.25, -0.2) is 8.42 Å². The molecule has 33 heavy (non-hydrogen) atoms. The lowest BCUT2D eigenvalue weighted by Gasteiger charge is -2.14. The number of benzene rings is 2. The molecule has 0 aliphatic carbocycles. The van der Waals surface area contributed by atoms with E-state index in [1.165, 1.54) is 16.6 Å². The fourth-order valence-corrected chi connectivity index (χ4v) is 4.29. The summed E-state index contributed by atoms with van der Waals surface area (Å²) in [5.74, 6) is 0.796. The summed E-state index contributed by atoms with van der Waals surface area (Å²) < 4.78 is 31.1. The molecular formula is C24H34N4O4S. The minimum Gasteiger partial charge on any atom is -0.492 e. The summed E-state index contributed by atoms with van der Waals surface area (Å²) in [6.45, 7) is 4.46. The van der Waals surface area contributed by atoms with E-state index < -0.39 is 16.1 Å². The Balaban J connectivity index is 1.47. The summed E-state index contributed by atoms with van der Waals surface area (Å²) >= 11 is 0. The summed E-state index contributed by atoms with van der Waals surface area (Å²) in [6.07, 6.45) is 1.33. The van der Waals surface area contributed by atoms with Crippen LogP contribution in [0.4, 0.5) is 5.69 Å². The molecule has 0 fully saturated rings. The molecule has 0 amide bonds. The predicted octanol–water partition coefficient (Wildman–Crippen LogP) is 2.65. The number of rotatable bonds is 12. The Hall–Kier alpha value is -2.59. The number of likely N-dealkylation sites (N-methyl/N-ethyl adjacent to an activating group) is 1. The first-order valence-corrected chi connectivity index (χ1v) is 12.9. The Morgan fingerprint density at radius 1 is 1.18 bits per heavy atom. The number of hydrogen-bond donors (Lipinski definition) is 4. The number of nitrogens with one attached hydrogen (secondary N) is 3. The molecule has 0 aliphatic heterocycles. The number of fused-ring (bicyclic) bond motifs is 1. The molecule has 1 heterocycles. The molecule has 4 N–H and O–H groups in total. The number of H-pyrrole nitrogens is 1. The van der Waals surface area contributed by atoms with Crippen molar-refractivity contribution in [3.05, 3.63) is 59.3 Å². The van der Waals surface area contributed by atoms with Crippen LogP contribution < -0.4 is 14.8 Å². The Bertz CT molecular complexity index is 1170. The van der Waals surface area contributed by atoms with Crippen LogP contribution in [0.3, 0.4) is 0 Å². The van der Waals surface area contributed by atoms with Crippen molar-refractivity contribution in [2.24, 2.45) is 0 Å². The first-order valence-electron chi connectivity index (χ1n) is 11.0. The second-order valence-electron chi connectivity index (χ2n) is 8.56. The molecule has 1 atom stereocenters. The molecule has 0 radical (unpaired) electrons. The van der Waals surface area contributed by atoms with Gasteiger partial charge in [-0.2, -0.15) is 0 Å². The molecule has 0 saturated heterocycles. The SMILES string of the molecule is Cc1[nH]c2cc(OCCNC[C@H](O)c3cccc(NS(C)(=O)=O)c3)ccc2c1CCN(C)C. The largest absolute Gasteiger partial charge is 0.492 e. The Labute approximate surface area is 196 Å². The summed E-state index contributed by atoms with van der Waals surface area (Å²) in [7, 11) is 0.800. The standard InChI is InChI=1S/C24H34N4O4S/c1-17-21(10-12-28(2)3)22-9-8-20(15-23(22)26-17)32-13-11-25-16-24(29)18-6-5-7-19(14-18)27-33(4,30)31/h5-9,14-15,24-27,29H,10-13,16H2,1-4H3/t24-/m0/s1. The minimum absolute atomic E-state index is 0.329. The number of aromatic amines is 1. The van der Waals surface area contributed by atoms with E-state index in [1.807, 2.05) is 12.1 Å². The maximum atomic E-state index is 11.4. The molecule has 9 heteroatoms. The Morgan fingerprint density at radius 3 is 2.70 bits per heavy atom. The van der Waals surface area contributed by atoms with Crippen molar-refractivity contribution in [3.63, 3.8) is 0 Å². The summed E-state index contributed by atoms with van der Waals surface area (Å²) in [6, 6.07) is 12.9. The smallest absolute Gasteiger partial charge is 0.229 e. The summed E-state index contributed by atoms with van der Waals surface area (Å²) in [5, 5.41) is 14.8. The van der Waals surface area contributed by atoms with Crippen molar-refractivity contribution >= 4 is 26.6 Å². The van der Waals surface area contributed by atoms with E-state index in [-0.39, 0.29) is 0 Å². The van der Waals surface area contributed by atoms with Gasteiger partial charge in [0.15, 0.2) is 0 Å². The van der Waals surface area contributed by atoms with E-state index in [2.05, 4.69) is 47.0 Å². The number of aromatic nitrogens is 1. The molecule has 3 rings (SSSR count). The van der Waals surface area contributed by atoms with Gasteiger partial charge in [0.2, 0.25) is 10.0 Å². The number of sulfonamides is 1. The van der Waals surface area contributed by atoms with Crippen molar-refractivity contribution < 1.29 is 18.3 Å². The van der Waals surface area contributed by atoms with Crippen LogP contribution in [0.25, 0.3) is 10.9 Å². The van der Waals surface area contributed by atoms with Gasteiger partial charge >= 0.3 is 0 Å². The third kappa shape index (κ3) is 7.46. The number of aryl methyl sites for hydroxylation is 1. The van der Waals surface area contributed by atoms with Crippen molar-refractivity contribution in [2.75, 3.05) is 51.3 Å². The average Bonchev–Trinajstić information content (AvgIpc) is 3.05. The van der Waals surface area contributed by atoms with Crippen molar-refractivity contribution in [1.82, 2.24) is 15.2 Å². The fourth-order valence-electron chi connectivity index (χ4n) is 3.74. The normalized spacial score (nSPS) is 12.9. The van der Waals surface area contributed by atoms with Gasteiger partial charge in [-0.15, -0.1) is 0 Å². The highest BCUT2D eigenvalue weighted by atomic mass is 32.2. The first kappa shape index (κ1) is 25.0. The maximum absolute atomic E-state index is 11.4. The lowest BCUT2D eigenvalue weighted by atomic mass is 10.1. The van der Waals surface area contributed by atoms with E-state index in [9.17, 15) is 13.5 Å². The number of aliphatic hydroxyl groups is 1. The Kier molecular flexibility index (Phi) is 8.36. The van der Waals surface area contributed by atoms with Crippen LogP contribution in [0.2, 0.25) is 0 Å². The van der Waals surface area contributed by atoms with E-state index >= 15 is 0 Å². The molecule has 0 bridgehead atoms. The monoisotopic (exact) mass is 474 g/mol. The molecule has 0 spiro atoms. The molecule has 180 valence electrons. The summed E-state index contributed by atoms with van der Waals surface area (Å²) in [5.41, 5.74) is 4.67. The van der Waals surface area contributed by atoms with Gasteiger partial charge in [-0.1, -0.05) is 12.1 Å². The van der Waals surface area contributed by atoms with E-state index in [0.29, 0.717) is 30.9 Å². The Morgan fingerprint density at radius 2 is 1.97 bits per heavy atom. The number of nitrogens with zero attached hydrogens (tertiary/aromatic N) is 1. The van der Waals surface area contributed by atoms with Crippen LogP contribution in [-0.2, 0) is 16.4 Å². The third-order valence-electron chi connectivity index (χ3n) is 5.36. The fraction of sp³-hybridized carbons (Fsp3) is 0.417. The van der Waals surface area contributed by atoms with Crippen molar-refractivity contribution in [2.45, 2.75) is 19.4 Å². The molecule has 0 unspecified atom stereocenters. The van der Waals surface area contributed by atoms with Gasteiger partial charge in [-0.05, 0) is 62.8 Å². The van der Waals surface area contributed by atoms with Gasteiger partial charge in [0.1, 0.15) is 12.4 Å². The van der Waals surface area contributed by atoms with Gasteiger partial charge in [-0.3, -0.25) is 4.72 Å². The number of ether oxygens (including phenoxy) is 1. The van der Waals surface area contributed by atoms with Crippen LogP contribution in [0.15, 0.2) is 42.5 Å². The van der Waals surface area contributed by atoms with Gasteiger partial charge < -0.3 is 25.0 Å². The van der Waals surface area contributed by atoms with E-state index in [4.69, 9.17) is 4.74 Å². The molecule has 1 aromatic heterocycles. The predicted molar refractivity (Wildman–Crippen MR) is 134 cm³/mol. The highest BCUT2D eigenvalue weighted by molar-refractivity contribution is 7.92. The van der Waals surface area contributed by atoms with E-state index in [1.54, 1.807) is 24.3 Å². The molecule has 0 aliphatic rings. The molecule has 3 aromatic rings. The number of hydrogen-bond acceptors (Lipinski definition) is 6. The van der Waals surface area contributed by atoms with Crippen LogP contribution in [0.5, 0.6) is 5.75 Å². The second kappa shape index (κ2) is 11.0. The van der Waals surface area contributed by atoms with Crippen molar-refractivity contribution in [1.29, 1.82) is 0 Å². The van der Waals surface area contributed by atoms with E-state index in [0.717, 1.165) is 30.5 Å². The molecule has 0 saturated carbocycles. The first-order chi connectivity index (χ1) is 15.6. The van der Waals surface area contributed by atoms with Crippen LogP contribution in [0.1, 0.15) is 22.9 Å². The lowest BCUT2D eigenvalue weighted by molar-refractivity contribution is 0.172. The van der Waals surface area contributed by atoms with Crippen LogP contribution in [-0.4, -0.2) is 70.0 Å². The lowest BCUT2D eigenvalue weighted by Crippen LogP contribution is -2.26. The quantitative estimate of drug-likeness (QED) is 0.301. The van der Waals surface area contributed by atoms with Crippen molar-refractivity contribution in [3.8, 4) is 5.75 Å². The van der Waals surface area contributed by atoms with Gasteiger partial charge in [0.05, 0.1) is 12.4 Å². The van der Waals surface area contributed by atoms with Crippen LogP contribution in [0, 0.1) is 6.92 Å². The average molecular weight is 475 g/mol. The zero-order valence-electron chi connectivity index (χ0n) is 19.7. The maximum Gasteiger partial charge on any atom is 0.229 e. The topological polar surface area (TPSA) is 107 Å². The molecule has 8 nitrogen and oxygen atoms in total. The zero-order chi connectivity index (χ0) is 24.0. The molecular weight excluding hydrogens is 440 g/mol. The third-order valence-corrected chi connectivity index (χ3v) is 5.97.